The van der Waals surface area contributed by atoms with Gasteiger partial charge in [-0.2, -0.15) is 0 Å². The molecule has 0 radical (unpaired) electrons. The Bertz CT molecular complexity index is 222. The molecule has 62 valence electrons. The molecule has 1 saturated heterocycles. The molecule has 1 N–H and O–H groups in total. The zero-order chi connectivity index (χ0) is 8.28. The highest BCUT2D eigenvalue weighted by Crippen LogP contribution is 2.57. The monoisotopic (exact) mass is 154 g/mol. The smallest absolute Gasteiger partial charge is 0.124 e. The zero-order valence-electron chi connectivity index (χ0n) is 7.05. The summed E-state index contributed by atoms with van der Waals surface area (Å²) in [6.45, 7) is 7.64. The maximum Gasteiger partial charge on any atom is 0.124 e. The molecule has 0 aromatic rings. The van der Waals surface area contributed by atoms with Crippen molar-refractivity contribution >= 4 is 0 Å². The summed E-state index contributed by atoms with van der Waals surface area (Å²) in [5.41, 5.74) is -0.226. The molecule has 1 saturated carbocycles. The van der Waals surface area contributed by atoms with Gasteiger partial charge in [-0.15, -0.1) is 0 Å². The van der Waals surface area contributed by atoms with Crippen LogP contribution in [0.25, 0.3) is 0 Å². The standard InChI is InChI=1S/C9H14O2/c1-6(2)9(10)5-4-7-8(9,3)11-7/h7,10H,1,4-5H2,2-3H3/t7-,8-,9-/m1/s1. The van der Waals surface area contributed by atoms with Gasteiger partial charge in [-0.3, -0.25) is 0 Å². The van der Waals surface area contributed by atoms with E-state index in [1.165, 1.54) is 0 Å². The number of ether oxygens (including phenoxy) is 1. The molecule has 0 amide bonds. The summed E-state index contributed by atoms with van der Waals surface area (Å²) in [7, 11) is 0. The van der Waals surface area contributed by atoms with E-state index in [1.807, 2.05) is 13.8 Å². The first kappa shape index (κ1) is 7.32. The Morgan fingerprint density at radius 2 is 2.36 bits per heavy atom. The molecule has 2 rings (SSSR count). The average Bonchev–Trinajstić information content (AvgIpc) is 2.52. The van der Waals surface area contributed by atoms with Crippen molar-refractivity contribution in [3.8, 4) is 0 Å². The summed E-state index contributed by atoms with van der Waals surface area (Å²) in [5.74, 6) is 0. The van der Waals surface area contributed by atoms with Gasteiger partial charge in [0, 0.05) is 0 Å². The van der Waals surface area contributed by atoms with Gasteiger partial charge in [-0.25, -0.2) is 0 Å². The maximum atomic E-state index is 10.1. The number of hydrogen-bond donors (Lipinski definition) is 1. The Hall–Kier alpha value is -0.340. The maximum absolute atomic E-state index is 10.1. The fraction of sp³-hybridized carbons (Fsp3) is 0.778. The molecular formula is C9H14O2. The minimum Gasteiger partial charge on any atom is -0.382 e. The third kappa shape index (κ3) is 0.644. The van der Waals surface area contributed by atoms with Crippen LogP contribution in [0.15, 0.2) is 12.2 Å². The van der Waals surface area contributed by atoms with Gasteiger partial charge in [0.15, 0.2) is 0 Å². The molecule has 2 aliphatic rings. The lowest BCUT2D eigenvalue weighted by molar-refractivity contribution is -0.00355. The minimum atomic E-state index is -0.752. The largest absolute Gasteiger partial charge is 0.382 e. The molecule has 0 bridgehead atoms. The topological polar surface area (TPSA) is 32.8 Å². The van der Waals surface area contributed by atoms with Crippen molar-refractivity contribution in [2.45, 2.75) is 44.0 Å². The van der Waals surface area contributed by atoms with Crippen molar-refractivity contribution in [3.05, 3.63) is 12.2 Å². The lowest BCUT2D eigenvalue weighted by atomic mass is 9.85. The lowest BCUT2D eigenvalue weighted by Crippen LogP contribution is -2.41. The van der Waals surface area contributed by atoms with Crippen LogP contribution in [0.1, 0.15) is 26.7 Å². The van der Waals surface area contributed by atoms with E-state index >= 15 is 0 Å². The van der Waals surface area contributed by atoms with Gasteiger partial charge in [0.25, 0.3) is 0 Å². The van der Waals surface area contributed by atoms with Crippen molar-refractivity contribution in [2.75, 3.05) is 0 Å². The Morgan fingerprint density at radius 3 is 2.55 bits per heavy atom. The molecule has 1 aliphatic heterocycles. The van der Waals surface area contributed by atoms with E-state index < -0.39 is 5.60 Å². The summed E-state index contributed by atoms with van der Waals surface area (Å²) in [6.07, 6.45) is 2.06. The van der Waals surface area contributed by atoms with Crippen molar-refractivity contribution in [3.63, 3.8) is 0 Å². The normalized spacial score (nSPS) is 53.9. The van der Waals surface area contributed by atoms with E-state index in [9.17, 15) is 5.11 Å². The van der Waals surface area contributed by atoms with Gasteiger partial charge in [-0.1, -0.05) is 6.58 Å². The van der Waals surface area contributed by atoms with Crippen LogP contribution < -0.4 is 0 Å². The van der Waals surface area contributed by atoms with Gasteiger partial charge < -0.3 is 9.84 Å². The third-order valence-electron chi connectivity index (χ3n) is 3.24. The van der Waals surface area contributed by atoms with E-state index in [4.69, 9.17) is 4.74 Å². The van der Waals surface area contributed by atoms with Crippen LogP contribution in [0, 0.1) is 0 Å². The molecule has 0 aromatic carbocycles. The summed E-state index contributed by atoms with van der Waals surface area (Å²) in [4.78, 5) is 0. The number of epoxide rings is 1. The Kier molecular flexibility index (Phi) is 1.13. The minimum absolute atomic E-state index is 0.282. The number of aliphatic hydroxyl groups is 1. The Labute approximate surface area is 66.9 Å². The summed E-state index contributed by atoms with van der Waals surface area (Å²) >= 11 is 0. The van der Waals surface area contributed by atoms with Crippen LogP contribution in [0.2, 0.25) is 0 Å². The molecule has 3 atom stereocenters. The van der Waals surface area contributed by atoms with Gasteiger partial charge in [0.2, 0.25) is 0 Å². The van der Waals surface area contributed by atoms with Crippen molar-refractivity contribution in [2.24, 2.45) is 0 Å². The fourth-order valence-corrected chi connectivity index (χ4v) is 2.18. The van der Waals surface area contributed by atoms with Crippen LogP contribution in [0.4, 0.5) is 0 Å². The van der Waals surface area contributed by atoms with E-state index in [2.05, 4.69) is 6.58 Å². The lowest BCUT2D eigenvalue weighted by Gasteiger charge is -2.29. The molecule has 2 nitrogen and oxygen atoms in total. The molecule has 2 heteroatoms. The molecule has 1 aliphatic carbocycles. The Morgan fingerprint density at radius 1 is 1.73 bits per heavy atom. The summed E-state index contributed by atoms with van der Waals surface area (Å²) in [5, 5.41) is 10.1. The highest BCUT2D eigenvalue weighted by atomic mass is 16.6. The van der Waals surface area contributed by atoms with Gasteiger partial charge in [0.1, 0.15) is 11.2 Å². The second-order valence-corrected chi connectivity index (χ2v) is 3.89. The molecule has 0 unspecified atom stereocenters. The predicted molar refractivity (Wildman–Crippen MR) is 42.3 cm³/mol. The predicted octanol–water partition coefficient (Wildman–Crippen LogP) is 1.24. The van der Waals surface area contributed by atoms with Crippen molar-refractivity contribution in [1.82, 2.24) is 0 Å². The zero-order valence-corrected chi connectivity index (χ0v) is 7.05. The van der Waals surface area contributed by atoms with Gasteiger partial charge in [-0.05, 0) is 32.3 Å². The number of fused-ring (bicyclic) bond motifs is 1. The van der Waals surface area contributed by atoms with Crippen molar-refractivity contribution < 1.29 is 9.84 Å². The van der Waals surface area contributed by atoms with Gasteiger partial charge >= 0.3 is 0 Å². The fourth-order valence-electron chi connectivity index (χ4n) is 2.18. The quantitative estimate of drug-likeness (QED) is 0.455. The highest BCUT2D eigenvalue weighted by Gasteiger charge is 2.70. The SMILES string of the molecule is C=C(C)[C@]1(O)CC[C@H]2O[C@]21C. The van der Waals surface area contributed by atoms with Gasteiger partial charge in [0.05, 0.1) is 6.10 Å². The van der Waals surface area contributed by atoms with Crippen LogP contribution in [0.3, 0.4) is 0 Å². The van der Waals surface area contributed by atoms with Crippen LogP contribution in [-0.2, 0) is 4.74 Å². The number of hydrogen-bond acceptors (Lipinski definition) is 2. The first-order chi connectivity index (χ1) is 5.01. The van der Waals surface area contributed by atoms with Crippen LogP contribution in [-0.4, -0.2) is 22.4 Å². The van der Waals surface area contributed by atoms with Crippen LogP contribution in [0.5, 0.6) is 0 Å². The number of rotatable bonds is 1. The van der Waals surface area contributed by atoms with E-state index in [1.54, 1.807) is 0 Å². The third-order valence-corrected chi connectivity index (χ3v) is 3.24. The highest BCUT2D eigenvalue weighted by molar-refractivity contribution is 5.30. The first-order valence-electron chi connectivity index (χ1n) is 4.07. The summed E-state index contributed by atoms with van der Waals surface area (Å²) < 4.78 is 5.41. The molecule has 0 spiro atoms. The second kappa shape index (κ2) is 1.70. The van der Waals surface area contributed by atoms with Crippen molar-refractivity contribution in [1.29, 1.82) is 0 Å². The second-order valence-electron chi connectivity index (χ2n) is 3.89. The van der Waals surface area contributed by atoms with E-state index in [0.29, 0.717) is 0 Å². The molecule has 2 fully saturated rings. The molecule has 0 aromatic heterocycles. The Balaban J connectivity index is 2.33. The van der Waals surface area contributed by atoms with E-state index in [-0.39, 0.29) is 11.7 Å². The molecule has 1 heterocycles. The average molecular weight is 154 g/mol. The summed E-state index contributed by atoms with van der Waals surface area (Å²) in [6, 6.07) is 0. The van der Waals surface area contributed by atoms with Crippen LogP contribution >= 0.6 is 0 Å². The van der Waals surface area contributed by atoms with E-state index in [0.717, 1.165) is 18.4 Å². The first-order valence-corrected chi connectivity index (χ1v) is 4.07. The molecule has 11 heavy (non-hydrogen) atoms. The molecular weight excluding hydrogens is 140 g/mol.